The zero-order valence-electron chi connectivity index (χ0n) is 17.8. The molecule has 2 aromatic rings. The molecule has 0 aliphatic heterocycles. The number of carbonyl (C=O) groups is 1. The Balaban J connectivity index is 1.83. The van der Waals surface area contributed by atoms with Crippen LogP contribution in [0.1, 0.15) is 41.6 Å². The lowest BCUT2D eigenvalue weighted by atomic mass is 9.91. The van der Waals surface area contributed by atoms with Gasteiger partial charge in [-0.2, -0.15) is 0 Å². The number of primary amides is 1. The summed E-state index contributed by atoms with van der Waals surface area (Å²) in [6.45, 7) is 2.66. The third-order valence-electron chi connectivity index (χ3n) is 5.20. The number of nitrogens with one attached hydrogen (secondary N) is 2. The number of nitrogens with two attached hydrogens (primary N) is 2. The van der Waals surface area contributed by atoms with Gasteiger partial charge in [0.25, 0.3) is 5.91 Å². The number of hydrogen-bond donors (Lipinski definition) is 4. The summed E-state index contributed by atoms with van der Waals surface area (Å²) in [7, 11) is 1.59. The zero-order chi connectivity index (χ0) is 22.4. The van der Waals surface area contributed by atoms with Crippen molar-refractivity contribution in [2.45, 2.75) is 44.7 Å². The van der Waals surface area contributed by atoms with Gasteiger partial charge in [-0.25, -0.2) is 14.4 Å². The van der Waals surface area contributed by atoms with Crippen LogP contribution in [0.4, 0.5) is 21.7 Å². The van der Waals surface area contributed by atoms with Crippen molar-refractivity contribution in [2.24, 2.45) is 11.5 Å². The minimum atomic E-state index is -0.793. The van der Waals surface area contributed by atoms with E-state index in [9.17, 15) is 9.18 Å². The molecule has 2 heterocycles. The Morgan fingerprint density at radius 2 is 2.03 bits per heavy atom. The number of carbonyl (C=O) groups excluding carboxylic acids is 1. The van der Waals surface area contributed by atoms with Crippen LogP contribution in [0.15, 0.2) is 18.3 Å². The Hall–Kier alpha value is -2.98. The van der Waals surface area contributed by atoms with Crippen molar-refractivity contribution in [1.82, 2.24) is 9.97 Å². The Morgan fingerprint density at radius 1 is 1.26 bits per heavy atom. The van der Waals surface area contributed by atoms with Gasteiger partial charge in [-0.1, -0.05) is 12.8 Å². The number of nitrogens with zero attached hydrogens (tertiary/aromatic N) is 2. The smallest absolute Gasteiger partial charge is 0.252 e. The molecule has 1 amide bonds. The number of anilines is 3. The molecule has 2 aromatic heterocycles. The molecule has 1 saturated carbocycles. The van der Waals surface area contributed by atoms with Crippen molar-refractivity contribution in [3.63, 3.8) is 0 Å². The molecule has 9 nitrogen and oxygen atoms in total. The topological polar surface area (TPSA) is 137 Å². The third kappa shape index (κ3) is 5.80. The van der Waals surface area contributed by atoms with Gasteiger partial charge in [0.05, 0.1) is 24.1 Å². The molecule has 0 unspecified atom stereocenters. The Bertz CT molecular complexity index is 926. The van der Waals surface area contributed by atoms with Crippen LogP contribution in [0.25, 0.3) is 0 Å². The molecule has 168 valence electrons. The highest BCUT2D eigenvalue weighted by Gasteiger charge is 2.24. The first-order valence-corrected chi connectivity index (χ1v) is 10.3. The van der Waals surface area contributed by atoms with Crippen molar-refractivity contribution in [3.8, 4) is 5.88 Å². The van der Waals surface area contributed by atoms with Gasteiger partial charge in [0.1, 0.15) is 12.4 Å². The number of aromatic nitrogens is 2. The van der Waals surface area contributed by atoms with E-state index in [-0.39, 0.29) is 29.3 Å². The fraction of sp³-hybridized carbons (Fsp3) is 0.476. The highest BCUT2D eigenvalue weighted by Crippen LogP contribution is 2.27. The van der Waals surface area contributed by atoms with Crippen LogP contribution < -0.4 is 26.8 Å². The van der Waals surface area contributed by atoms with Gasteiger partial charge >= 0.3 is 0 Å². The average molecular weight is 433 g/mol. The number of pyridine rings is 2. The SMILES string of the molecule is COCCOc1ncc(Nc2nc(N[C@@H]3CCCC[C@@H]3N)c(F)cc2C(N)=O)cc1C. The molecular formula is C21H29FN6O3. The van der Waals surface area contributed by atoms with Gasteiger partial charge in [-0.05, 0) is 31.9 Å². The van der Waals surface area contributed by atoms with E-state index in [1.165, 1.54) is 6.20 Å². The summed E-state index contributed by atoms with van der Waals surface area (Å²) in [6, 6.07) is 2.70. The molecule has 31 heavy (non-hydrogen) atoms. The van der Waals surface area contributed by atoms with Crippen LogP contribution in [0, 0.1) is 12.7 Å². The summed E-state index contributed by atoms with van der Waals surface area (Å²) in [4.78, 5) is 20.4. The standard InChI is InChI=1S/C21H29FN6O3/c1-12-9-13(11-25-21(12)31-8-7-30-2)26-19-14(18(24)29)10-15(22)20(28-19)27-17-6-4-3-5-16(17)23/h9-11,16-17H,3-8,23H2,1-2H3,(H2,24,29)(H2,26,27,28)/t16-,17+/m0/s1. The highest BCUT2D eigenvalue weighted by atomic mass is 19.1. The van der Waals surface area contributed by atoms with Crippen LogP contribution in [0.3, 0.4) is 0 Å². The van der Waals surface area contributed by atoms with E-state index in [0.717, 1.165) is 37.3 Å². The predicted octanol–water partition coefficient (Wildman–Crippen LogP) is 2.47. The van der Waals surface area contributed by atoms with Crippen LogP contribution in [0.2, 0.25) is 0 Å². The highest BCUT2D eigenvalue weighted by molar-refractivity contribution is 5.98. The molecule has 0 saturated heterocycles. The number of halogens is 1. The number of aryl methyl sites for hydroxylation is 1. The first-order valence-electron chi connectivity index (χ1n) is 10.3. The van der Waals surface area contributed by atoms with E-state index >= 15 is 0 Å². The lowest BCUT2D eigenvalue weighted by Gasteiger charge is -2.30. The van der Waals surface area contributed by atoms with Gasteiger partial charge < -0.3 is 31.6 Å². The molecular weight excluding hydrogens is 403 g/mol. The summed E-state index contributed by atoms with van der Waals surface area (Å²) in [5.41, 5.74) is 12.9. The molecule has 0 radical (unpaired) electrons. The fourth-order valence-corrected chi connectivity index (χ4v) is 3.53. The van der Waals surface area contributed by atoms with E-state index in [4.69, 9.17) is 20.9 Å². The summed E-state index contributed by atoms with van der Waals surface area (Å²) in [5, 5.41) is 6.10. The Labute approximate surface area is 180 Å². The largest absolute Gasteiger partial charge is 0.475 e. The van der Waals surface area contributed by atoms with Crippen LogP contribution >= 0.6 is 0 Å². The fourth-order valence-electron chi connectivity index (χ4n) is 3.53. The van der Waals surface area contributed by atoms with E-state index in [1.54, 1.807) is 13.2 Å². The summed E-state index contributed by atoms with van der Waals surface area (Å²) in [6.07, 6.45) is 5.31. The summed E-state index contributed by atoms with van der Waals surface area (Å²) in [5.74, 6) is -0.820. The van der Waals surface area contributed by atoms with Gasteiger partial charge in [0, 0.05) is 24.8 Å². The molecule has 2 atom stereocenters. The van der Waals surface area contributed by atoms with Crippen molar-refractivity contribution in [1.29, 1.82) is 0 Å². The number of ether oxygens (including phenoxy) is 2. The molecule has 0 spiro atoms. The van der Waals surface area contributed by atoms with Crippen LogP contribution in [-0.4, -0.2) is 48.3 Å². The molecule has 1 aliphatic carbocycles. The molecule has 6 N–H and O–H groups in total. The number of amides is 1. The quantitative estimate of drug-likeness (QED) is 0.444. The molecule has 1 fully saturated rings. The van der Waals surface area contributed by atoms with Crippen molar-refractivity contribution < 1.29 is 18.7 Å². The lowest BCUT2D eigenvalue weighted by molar-refractivity contribution is 0.100. The number of hydrogen-bond acceptors (Lipinski definition) is 8. The average Bonchev–Trinajstić information content (AvgIpc) is 2.73. The van der Waals surface area contributed by atoms with Crippen molar-refractivity contribution >= 4 is 23.2 Å². The Morgan fingerprint density at radius 3 is 2.71 bits per heavy atom. The van der Waals surface area contributed by atoms with Gasteiger partial charge in [-0.15, -0.1) is 0 Å². The van der Waals surface area contributed by atoms with E-state index in [1.807, 2.05) is 6.92 Å². The van der Waals surface area contributed by atoms with E-state index in [0.29, 0.717) is 24.8 Å². The van der Waals surface area contributed by atoms with Gasteiger partial charge in [0.15, 0.2) is 11.6 Å². The second-order valence-corrected chi connectivity index (χ2v) is 7.59. The lowest BCUT2D eigenvalue weighted by Crippen LogP contribution is -2.43. The Kier molecular flexibility index (Phi) is 7.59. The minimum absolute atomic E-state index is 0.0269. The number of methoxy groups -OCH3 is 1. The molecule has 10 heteroatoms. The first-order chi connectivity index (χ1) is 14.9. The van der Waals surface area contributed by atoms with Crippen molar-refractivity contribution in [2.75, 3.05) is 31.0 Å². The van der Waals surface area contributed by atoms with Gasteiger partial charge in [0.2, 0.25) is 5.88 Å². The maximum absolute atomic E-state index is 14.6. The normalized spacial score (nSPS) is 18.5. The van der Waals surface area contributed by atoms with Gasteiger partial charge in [-0.3, -0.25) is 4.79 Å². The van der Waals surface area contributed by atoms with E-state index in [2.05, 4.69) is 20.6 Å². The minimum Gasteiger partial charge on any atom is -0.475 e. The van der Waals surface area contributed by atoms with Crippen LogP contribution in [0.5, 0.6) is 5.88 Å². The maximum Gasteiger partial charge on any atom is 0.252 e. The summed E-state index contributed by atoms with van der Waals surface area (Å²) >= 11 is 0. The second-order valence-electron chi connectivity index (χ2n) is 7.59. The summed E-state index contributed by atoms with van der Waals surface area (Å²) < 4.78 is 25.1. The predicted molar refractivity (Wildman–Crippen MR) is 116 cm³/mol. The molecule has 3 rings (SSSR count). The van der Waals surface area contributed by atoms with Crippen LogP contribution in [-0.2, 0) is 4.74 Å². The second kappa shape index (κ2) is 10.4. The third-order valence-corrected chi connectivity index (χ3v) is 5.20. The van der Waals surface area contributed by atoms with Crippen molar-refractivity contribution in [3.05, 3.63) is 35.3 Å². The monoisotopic (exact) mass is 432 g/mol. The molecule has 1 aliphatic rings. The van der Waals surface area contributed by atoms with E-state index < -0.39 is 11.7 Å². The molecule has 0 aromatic carbocycles. The zero-order valence-corrected chi connectivity index (χ0v) is 17.8. The molecule has 0 bridgehead atoms. The number of rotatable bonds is 9. The first kappa shape index (κ1) is 22.7. The maximum atomic E-state index is 14.6.